The maximum Gasteiger partial charge on any atom is 0.218 e. The number of piperidine rings is 1. The van der Waals surface area contributed by atoms with E-state index >= 15 is 0 Å². The molecule has 0 bridgehead atoms. The molecule has 2 heterocycles. The van der Waals surface area contributed by atoms with Crippen molar-refractivity contribution in [2.24, 2.45) is 4.99 Å². The molecular weight excluding hydrogens is 489 g/mol. The highest BCUT2D eigenvalue weighted by Crippen LogP contribution is 2.20. The molecule has 0 aliphatic carbocycles. The molecule has 2 N–H and O–H groups in total. The number of ether oxygens (including phenoxy) is 1. The molecule has 1 aliphatic heterocycles. The summed E-state index contributed by atoms with van der Waals surface area (Å²) in [5, 5.41) is 7.00. The number of rotatable bonds is 7. The first-order chi connectivity index (χ1) is 14.2. The van der Waals surface area contributed by atoms with Crippen molar-refractivity contribution in [3.8, 4) is 5.88 Å². The number of nitrogens with zero attached hydrogens (tertiary/aromatic N) is 3. The first-order valence-electron chi connectivity index (χ1n) is 10.5. The first-order valence-corrected chi connectivity index (χ1v) is 10.5. The van der Waals surface area contributed by atoms with E-state index in [0.717, 1.165) is 37.5 Å². The summed E-state index contributed by atoms with van der Waals surface area (Å²) in [6.45, 7) is 7.63. The molecule has 1 saturated heterocycles. The number of halogens is 1. The Kier molecular flexibility index (Phi) is 10.4. The number of nitrogens with one attached hydrogen (secondary N) is 2. The predicted octanol–water partition coefficient (Wildman–Crippen LogP) is 3.82. The second-order valence-electron chi connectivity index (χ2n) is 7.50. The third kappa shape index (κ3) is 7.12. The Balaban J connectivity index is 0.00000320. The highest BCUT2D eigenvalue weighted by Gasteiger charge is 2.26. The van der Waals surface area contributed by atoms with E-state index in [0.29, 0.717) is 31.1 Å². The highest BCUT2D eigenvalue weighted by atomic mass is 127. The normalized spacial score (nSPS) is 19.6. The van der Waals surface area contributed by atoms with Gasteiger partial charge in [-0.2, -0.15) is 0 Å². The molecule has 0 spiro atoms. The summed E-state index contributed by atoms with van der Waals surface area (Å²) < 4.78 is 5.61. The maximum atomic E-state index is 5.61. The van der Waals surface area contributed by atoms with Crippen LogP contribution in [0.5, 0.6) is 5.88 Å². The zero-order chi connectivity index (χ0) is 20.5. The van der Waals surface area contributed by atoms with E-state index in [1.807, 2.05) is 26.1 Å². The fourth-order valence-corrected chi connectivity index (χ4v) is 3.80. The quantitative estimate of drug-likeness (QED) is 0.329. The maximum absolute atomic E-state index is 5.61. The van der Waals surface area contributed by atoms with E-state index in [1.54, 1.807) is 6.20 Å². The topological polar surface area (TPSA) is 61.8 Å². The number of benzene rings is 1. The lowest BCUT2D eigenvalue weighted by molar-refractivity contribution is 0.134. The Morgan fingerprint density at radius 3 is 2.73 bits per heavy atom. The molecule has 3 rings (SSSR count). The summed E-state index contributed by atoms with van der Waals surface area (Å²) in [5.74, 6) is 1.51. The molecule has 2 aromatic rings. The molecule has 7 heteroatoms. The van der Waals surface area contributed by atoms with E-state index in [9.17, 15) is 0 Å². The molecule has 1 aromatic heterocycles. The molecule has 164 valence electrons. The molecule has 1 fully saturated rings. The van der Waals surface area contributed by atoms with Crippen molar-refractivity contribution in [2.75, 3.05) is 20.2 Å². The van der Waals surface area contributed by atoms with Crippen LogP contribution in [-0.2, 0) is 13.1 Å². The van der Waals surface area contributed by atoms with Gasteiger partial charge >= 0.3 is 0 Å². The number of guanidine groups is 1. The van der Waals surface area contributed by atoms with Gasteiger partial charge in [0.2, 0.25) is 5.88 Å². The van der Waals surface area contributed by atoms with Gasteiger partial charge in [0.15, 0.2) is 5.96 Å². The van der Waals surface area contributed by atoms with Crippen molar-refractivity contribution in [1.29, 1.82) is 0 Å². The number of aliphatic imine (C=N–C) groups is 1. The van der Waals surface area contributed by atoms with E-state index < -0.39 is 0 Å². The molecule has 0 saturated carbocycles. The van der Waals surface area contributed by atoms with Crippen LogP contribution in [0.25, 0.3) is 0 Å². The van der Waals surface area contributed by atoms with Gasteiger partial charge in [-0.25, -0.2) is 4.98 Å². The second-order valence-corrected chi connectivity index (χ2v) is 7.50. The van der Waals surface area contributed by atoms with Crippen LogP contribution in [0.4, 0.5) is 0 Å². The zero-order valence-corrected chi connectivity index (χ0v) is 20.5. The van der Waals surface area contributed by atoms with Crippen molar-refractivity contribution in [3.63, 3.8) is 0 Å². The summed E-state index contributed by atoms with van der Waals surface area (Å²) >= 11 is 0. The van der Waals surface area contributed by atoms with Crippen LogP contribution in [0.3, 0.4) is 0 Å². The predicted molar refractivity (Wildman–Crippen MR) is 133 cm³/mol. The molecule has 1 aliphatic rings. The van der Waals surface area contributed by atoms with Gasteiger partial charge in [-0.1, -0.05) is 36.4 Å². The minimum Gasteiger partial charge on any atom is -0.478 e. The highest BCUT2D eigenvalue weighted by molar-refractivity contribution is 14.0. The summed E-state index contributed by atoms with van der Waals surface area (Å²) in [7, 11) is 1.82. The van der Waals surface area contributed by atoms with Crippen molar-refractivity contribution >= 4 is 29.9 Å². The number of likely N-dealkylation sites (tertiary alicyclic amines) is 1. The lowest BCUT2D eigenvalue weighted by atomic mass is 9.97. The zero-order valence-electron chi connectivity index (χ0n) is 18.2. The third-order valence-corrected chi connectivity index (χ3v) is 5.38. The number of hydrogen-bond donors (Lipinski definition) is 2. The number of aromatic nitrogens is 1. The minimum absolute atomic E-state index is 0. The Labute approximate surface area is 197 Å². The van der Waals surface area contributed by atoms with Crippen molar-refractivity contribution < 1.29 is 4.74 Å². The van der Waals surface area contributed by atoms with E-state index in [-0.39, 0.29) is 24.0 Å². The van der Waals surface area contributed by atoms with Crippen LogP contribution >= 0.6 is 24.0 Å². The van der Waals surface area contributed by atoms with Gasteiger partial charge < -0.3 is 15.4 Å². The SMILES string of the molecule is CCOc1ncccc1CNC(=NC)NC1CCN(Cc2ccccc2)C(C)C1.I. The smallest absolute Gasteiger partial charge is 0.218 e. The van der Waals surface area contributed by atoms with Gasteiger partial charge in [-0.15, -0.1) is 24.0 Å². The Hall–Kier alpha value is -1.87. The monoisotopic (exact) mass is 523 g/mol. The first kappa shape index (κ1) is 24.4. The van der Waals surface area contributed by atoms with Crippen molar-refractivity contribution in [3.05, 3.63) is 59.8 Å². The standard InChI is InChI=1S/C23H33N5O.HI/c1-4-29-22-20(11-8-13-25-22)16-26-23(24-3)27-21-12-14-28(18(2)15-21)17-19-9-6-5-7-10-19;/h5-11,13,18,21H,4,12,14-17H2,1-3H3,(H2,24,26,27);1H. The largest absolute Gasteiger partial charge is 0.478 e. The molecule has 0 radical (unpaired) electrons. The summed E-state index contributed by atoms with van der Waals surface area (Å²) in [6.07, 6.45) is 3.96. The lowest BCUT2D eigenvalue weighted by Gasteiger charge is -2.38. The Morgan fingerprint density at radius 1 is 1.23 bits per heavy atom. The van der Waals surface area contributed by atoms with Crippen molar-refractivity contribution in [1.82, 2.24) is 20.5 Å². The third-order valence-electron chi connectivity index (χ3n) is 5.38. The van der Waals surface area contributed by atoms with E-state index in [2.05, 4.69) is 62.8 Å². The fraction of sp³-hybridized carbons (Fsp3) is 0.478. The van der Waals surface area contributed by atoms with Crippen LogP contribution in [0.2, 0.25) is 0 Å². The summed E-state index contributed by atoms with van der Waals surface area (Å²) in [6, 6.07) is 15.6. The molecule has 0 amide bonds. The van der Waals surface area contributed by atoms with Gasteiger partial charge in [-0.05, 0) is 38.3 Å². The Bertz CT molecular complexity index is 786. The molecular formula is C23H34IN5O. The van der Waals surface area contributed by atoms with Gasteiger partial charge in [-0.3, -0.25) is 9.89 Å². The van der Waals surface area contributed by atoms with Crippen LogP contribution in [0, 0.1) is 0 Å². The summed E-state index contributed by atoms with van der Waals surface area (Å²) in [4.78, 5) is 11.3. The average Bonchev–Trinajstić information content (AvgIpc) is 2.75. The van der Waals surface area contributed by atoms with Crippen LogP contribution in [-0.4, -0.2) is 48.1 Å². The molecule has 2 unspecified atom stereocenters. The summed E-state index contributed by atoms with van der Waals surface area (Å²) in [5.41, 5.74) is 2.41. The van der Waals surface area contributed by atoms with Crippen LogP contribution in [0.15, 0.2) is 53.7 Å². The lowest BCUT2D eigenvalue weighted by Crippen LogP contribution is -2.51. The average molecular weight is 523 g/mol. The fourth-order valence-electron chi connectivity index (χ4n) is 3.80. The van der Waals surface area contributed by atoms with Gasteiger partial charge in [0.1, 0.15) is 0 Å². The minimum atomic E-state index is 0. The number of pyridine rings is 1. The van der Waals surface area contributed by atoms with E-state index in [4.69, 9.17) is 4.74 Å². The van der Waals surface area contributed by atoms with Crippen LogP contribution in [0.1, 0.15) is 37.8 Å². The van der Waals surface area contributed by atoms with E-state index in [1.165, 1.54) is 5.56 Å². The Morgan fingerprint density at radius 2 is 2.03 bits per heavy atom. The molecule has 1 aromatic carbocycles. The molecule has 6 nitrogen and oxygen atoms in total. The molecule has 30 heavy (non-hydrogen) atoms. The van der Waals surface area contributed by atoms with Gasteiger partial charge in [0.25, 0.3) is 0 Å². The number of hydrogen-bond acceptors (Lipinski definition) is 4. The second kappa shape index (κ2) is 12.7. The molecule has 2 atom stereocenters. The van der Waals surface area contributed by atoms with Crippen molar-refractivity contribution in [2.45, 2.75) is 51.9 Å². The van der Waals surface area contributed by atoms with Gasteiger partial charge in [0, 0.05) is 50.5 Å². The van der Waals surface area contributed by atoms with Gasteiger partial charge in [0.05, 0.1) is 6.61 Å². The van der Waals surface area contributed by atoms with Crippen LogP contribution < -0.4 is 15.4 Å².